The lowest BCUT2D eigenvalue weighted by Crippen LogP contribution is -2.49. The molecule has 0 aromatic carbocycles. The lowest BCUT2D eigenvalue weighted by atomic mass is 10.2. The van der Waals surface area contributed by atoms with E-state index in [2.05, 4.69) is 20.3 Å². The Morgan fingerprint density at radius 3 is 2.51 bits per heavy atom. The first-order chi connectivity index (χ1) is 16.0. The fraction of sp³-hybridized carbons (Fsp3) is 0.700. The van der Waals surface area contributed by atoms with E-state index in [1.54, 1.807) is 13.8 Å². The normalized spacial score (nSPS) is 23.9. The van der Waals surface area contributed by atoms with Crippen molar-refractivity contribution in [2.75, 3.05) is 11.9 Å². The van der Waals surface area contributed by atoms with E-state index in [-0.39, 0.29) is 34.0 Å². The van der Waals surface area contributed by atoms with Gasteiger partial charge in [-0.3, -0.25) is 29.0 Å². The molecule has 1 saturated heterocycles. The van der Waals surface area contributed by atoms with Crippen molar-refractivity contribution in [2.45, 2.75) is 76.8 Å². The fourth-order valence-corrected chi connectivity index (χ4v) is 6.18. The van der Waals surface area contributed by atoms with Gasteiger partial charge in [-0.25, -0.2) is 4.98 Å². The van der Waals surface area contributed by atoms with E-state index in [0.29, 0.717) is 0 Å². The maximum absolute atomic E-state index is 12.7. The highest BCUT2D eigenvalue weighted by Gasteiger charge is 2.57. The molecule has 15 heteroatoms. The second-order valence-electron chi connectivity index (χ2n) is 10.6. The molecule has 2 aromatic rings. The smallest absolute Gasteiger partial charge is 0.335 e. The number of aliphatic hydroxyl groups excluding tert-OH is 1. The maximum Gasteiger partial charge on any atom is 0.335 e. The van der Waals surface area contributed by atoms with E-state index >= 15 is 0 Å². The average Bonchev–Trinajstić information content (AvgIpc) is 3.27. The Labute approximate surface area is 203 Å². The van der Waals surface area contributed by atoms with E-state index < -0.39 is 52.2 Å². The molecule has 1 amide bonds. The van der Waals surface area contributed by atoms with Crippen molar-refractivity contribution in [3.8, 4) is 0 Å². The van der Waals surface area contributed by atoms with Gasteiger partial charge in [0.15, 0.2) is 25.7 Å². The van der Waals surface area contributed by atoms with Gasteiger partial charge in [0, 0.05) is 5.92 Å². The van der Waals surface area contributed by atoms with Gasteiger partial charge in [0.1, 0.15) is 11.8 Å². The minimum Gasteiger partial charge on any atom is -0.410 e. The molecular weight excluding hydrogens is 497 g/mol. The monoisotopic (exact) mass is 531 g/mol. The first-order valence-electron chi connectivity index (χ1n) is 11.2. The van der Waals surface area contributed by atoms with Crippen LogP contribution in [0.1, 0.15) is 40.8 Å². The second kappa shape index (κ2) is 9.50. The molecule has 0 bridgehead atoms. The quantitative estimate of drug-likeness (QED) is 0.259. The van der Waals surface area contributed by atoms with E-state index in [1.165, 1.54) is 10.9 Å². The predicted octanol–water partition coefficient (Wildman–Crippen LogP) is 1.54. The SMILES string of the molecule is CC(C)C(=O)Nc1nc2c(ncn2[C@@H]2O[C@@H](CO)[C@@H](O[Si](C)(C)C(C)(C)C)[C@H]2P(=O)(O)O)c(=O)[nH]1. The number of rotatable bonds is 7. The molecule has 3 heterocycles. The Morgan fingerprint density at radius 2 is 2.00 bits per heavy atom. The number of ether oxygens (including phenoxy) is 1. The van der Waals surface area contributed by atoms with Crippen LogP contribution in [0.25, 0.3) is 11.2 Å². The Morgan fingerprint density at radius 1 is 1.37 bits per heavy atom. The van der Waals surface area contributed by atoms with Crippen LogP contribution in [-0.4, -0.2) is 73.1 Å². The summed E-state index contributed by atoms with van der Waals surface area (Å²) in [5, 5.41) is 12.2. The molecule has 1 fully saturated rings. The number of fused-ring (bicyclic) bond motifs is 1. The van der Waals surface area contributed by atoms with Gasteiger partial charge in [0.05, 0.1) is 19.0 Å². The summed E-state index contributed by atoms with van der Waals surface area (Å²) in [5.74, 6) is -0.898. The number of nitrogens with one attached hydrogen (secondary N) is 2. The van der Waals surface area contributed by atoms with Crippen LogP contribution in [0, 0.1) is 5.92 Å². The number of nitrogens with zero attached hydrogens (tertiary/aromatic N) is 3. The zero-order valence-electron chi connectivity index (χ0n) is 20.8. The molecular formula is C20H34N5O8PSi. The Balaban J connectivity index is 2.11. The molecule has 0 unspecified atom stereocenters. The van der Waals surface area contributed by atoms with Gasteiger partial charge in [0.2, 0.25) is 11.9 Å². The fourth-order valence-electron chi connectivity index (χ4n) is 3.55. The summed E-state index contributed by atoms with van der Waals surface area (Å²) in [6, 6.07) is 0. The highest BCUT2D eigenvalue weighted by atomic mass is 31.2. The highest BCUT2D eigenvalue weighted by molar-refractivity contribution is 7.52. The molecule has 5 N–H and O–H groups in total. The third-order valence-corrected chi connectivity index (χ3v) is 12.4. The summed E-state index contributed by atoms with van der Waals surface area (Å²) in [4.78, 5) is 56.1. The van der Waals surface area contributed by atoms with E-state index in [0.717, 1.165) is 0 Å². The lowest BCUT2D eigenvalue weighted by Gasteiger charge is -2.40. The minimum absolute atomic E-state index is 0.0408. The molecule has 196 valence electrons. The summed E-state index contributed by atoms with van der Waals surface area (Å²) < 4.78 is 26.2. The number of hydrogen-bond donors (Lipinski definition) is 5. The third-order valence-electron chi connectivity index (χ3n) is 6.59. The van der Waals surface area contributed by atoms with E-state index in [1.807, 2.05) is 33.9 Å². The predicted molar refractivity (Wildman–Crippen MR) is 131 cm³/mol. The summed E-state index contributed by atoms with van der Waals surface area (Å²) in [7, 11) is -7.41. The molecule has 4 atom stereocenters. The van der Waals surface area contributed by atoms with Gasteiger partial charge < -0.3 is 24.1 Å². The zero-order chi connectivity index (χ0) is 26.5. The van der Waals surface area contributed by atoms with Crippen molar-refractivity contribution in [3.63, 3.8) is 0 Å². The van der Waals surface area contributed by atoms with Gasteiger partial charge in [-0.1, -0.05) is 34.6 Å². The molecule has 35 heavy (non-hydrogen) atoms. The molecule has 0 saturated carbocycles. The van der Waals surface area contributed by atoms with Crippen LogP contribution in [0.2, 0.25) is 18.1 Å². The van der Waals surface area contributed by atoms with E-state index in [9.17, 15) is 29.0 Å². The first-order valence-corrected chi connectivity index (χ1v) is 15.8. The van der Waals surface area contributed by atoms with Crippen LogP contribution in [-0.2, 0) is 18.5 Å². The number of aromatic amines is 1. The van der Waals surface area contributed by atoms with Crippen molar-refractivity contribution in [1.82, 2.24) is 19.5 Å². The number of imidazole rings is 1. The standard InChI is InChI=1S/C20H34N5O8PSi/c1-10(2)16(27)23-19-22-15-12(17(28)24-19)21-9-25(15)18-14(34(29,30)31)13(11(8-26)32-18)33-35(6,7)20(3,4)5/h9-11,13-14,18,26H,8H2,1-7H3,(H2,29,30,31)(H2,22,23,24,27,28)/t11-,13+,14+,18+/m0/s1. The first kappa shape index (κ1) is 27.7. The topological polar surface area (TPSA) is 189 Å². The van der Waals surface area contributed by atoms with Gasteiger partial charge in [0.25, 0.3) is 5.56 Å². The second-order valence-corrected chi connectivity index (χ2v) is 17.1. The van der Waals surface area contributed by atoms with Crippen LogP contribution in [0.4, 0.5) is 5.95 Å². The van der Waals surface area contributed by atoms with E-state index in [4.69, 9.17) is 9.16 Å². The number of aromatic nitrogens is 4. The van der Waals surface area contributed by atoms with Crippen molar-refractivity contribution >= 4 is 38.9 Å². The summed E-state index contributed by atoms with van der Waals surface area (Å²) in [5.41, 5.74) is -2.29. The number of aliphatic hydroxyl groups is 1. The van der Waals surface area contributed by atoms with Gasteiger partial charge >= 0.3 is 7.60 Å². The molecule has 13 nitrogen and oxygen atoms in total. The van der Waals surface area contributed by atoms with Crippen LogP contribution >= 0.6 is 7.60 Å². The van der Waals surface area contributed by atoms with Crippen LogP contribution < -0.4 is 10.9 Å². The van der Waals surface area contributed by atoms with Crippen molar-refractivity contribution < 1.29 is 33.4 Å². The number of hydrogen-bond acceptors (Lipinski definition) is 8. The molecule has 1 aliphatic heterocycles. The molecule has 2 aromatic heterocycles. The van der Waals surface area contributed by atoms with Crippen LogP contribution in [0.3, 0.4) is 0 Å². The molecule has 0 spiro atoms. The van der Waals surface area contributed by atoms with Crippen LogP contribution in [0.15, 0.2) is 11.1 Å². The Bertz CT molecular complexity index is 1200. The van der Waals surface area contributed by atoms with Crippen molar-refractivity contribution in [1.29, 1.82) is 0 Å². The number of amides is 1. The Hall–Kier alpha value is -1.93. The lowest BCUT2D eigenvalue weighted by molar-refractivity contribution is -0.118. The molecule has 0 aliphatic carbocycles. The van der Waals surface area contributed by atoms with Crippen LogP contribution in [0.5, 0.6) is 0 Å². The zero-order valence-corrected chi connectivity index (χ0v) is 22.7. The molecule has 0 radical (unpaired) electrons. The molecule has 3 rings (SSSR count). The summed E-state index contributed by atoms with van der Waals surface area (Å²) in [6.45, 7) is 12.6. The number of carbonyl (C=O) groups is 1. The van der Waals surface area contributed by atoms with Gasteiger partial charge in [-0.2, -0.15) is 4.98 Å². The Kier molecular flexibility index (Phi) is 7.51. The minimum atomic E-state index is -4.86. The van der Waals surface area contributed by atoms with Crippen molar-refractivity contribution in [3.05, 3.63) is 16.7 Å². The largest absolute Gasteiger partial charge is 0.410 e. The van der Waals surface area contributed by atoms with Gasteiger partial charge in [-0.15, -0.1) is 0 Å². The molecule has 1 aliphatic rings. The number of carbonyl (C=O) groups excluding carboxylic acids is 1. The summed E-state index contributed by atoms with van der Waals surface area (Å²) in [6.07, 6.45) is -2.30. The van der Waals surface area contributed by atoms with Crippen molar-refractivity contribution in [2.24, 2.45) is 5.92 Å². The van der Waals surface area contributed by atoms with Gasteiger partial charge in [-0.05, 0) is 18.1 Å². The number of anilines is 1. The maximum atomic E-state index is 12.7. The average molecular weight is 532 g/mol. The third kappa shape index (κ3) is 5.43. The highest BCUT2D eigenvalue weighted by Crippen LogP contribution is 2.55. The summed E-state index contributed by atoms with van der Waals surface area (Å²) >= 11 is 0. The number of H-pyrrole nitrogens is 1.